The van der Waals surface area contributed by atoms with Gasteiger partial charge in [-0.1, -0.05) is 19.9 Å². The molecule has 0 spiro atoms. The van der Waals surface area contributed by atoms with Gasteiger partial charge in [0.05, 0.1) is 6.54 Å². The van der Waals surface area contributed by atoms with Crippen LogP contribution in [0.4, 0.5) is 18.7 Å². The maximum absolute atomic E-state index is 13.5. The highest BCUT2D eigenvalue weighted by atomic mass is 32.1. The first-order chi connectivity index (χ1) is 12.9. The number of benzene rings is 1. The van der Waals surface area contributed by atoms with Crippen molar-refractivity contribution in [3.05, 3.63) is 64.8 Å². The summed E-state index contributed by atoms with van der Waals surface area (Å²) in [6.07, 6.45) is 3.57. The van der Waals surface area contributed by atoms with Crippen LogP contribution in [0.5, 0.6) is 5.88 Å². The molecular weight excluding hydrogens is 372 g/mol. The fourth-order valence-corrected chi connectivity index (χ4v) is 3.18. The van der Waals surface area contributed by atoms with Gasteiger partial charge < -0.3 is 9.30 Å². The minimum absolute atomic E-state index is 0.245. The van der Waals surface area contributed by atoms with Gasteiger partial charge in [0.2, 0.25) is 5.88 Å². The first kappa shape index (κ1) is 19.0. The SMILES string of the molecule is CC(C)Cc1cc(OC(=O)Nc2nccs2)n(Cc2ccc(F)c(F)c2)c1. The number of nitrogens with zero attached hydrogens (tertiary/aromatic N) is 2. The van der Waals surface area contributed by atoms with Gasteiger partial charge in [-0.05, 0) is 35.6 Å². The van der Waals surface area contributed by atoms with Crippen LogP contribution in [-0.4, -0.2) is 15.6 Å². The van der Waals surface area contributed by atoms with Crippen molar-refractivity contribution in [2.24, 2.45) is 5.92 Å². The third-order valence-corrected chi connectivity index (χ3v) is 4.42. The average Bonchev–Trinajstić information content (AvgIpc) is 3.21. The fourth-order valence-electron chi connectivity index (χ4n) is 2.66. The molecule has 2 aromatic heterocycles. The van der Waals surface area contributed by atoms with Crippen LogP contribution in [0, 0.1) is 17.6 Å². The van der Waals surface area contributed by atoms with Crippen molar-refractivity contribution in [2.75, 3.05) is 5.32 Å². The molecular formula is C19H19F2N3O2S. The molecule has 0 aliphatic rings. The Hall–Kier alpha value is -2.74. The Morgan fingerprint density at radius 3 is 2.74 bits per heavy atom. The molecule has 1 amide bonds. The van der Waals surface area contributed by atoms with E-state index < -0.39 is 17.7 Å². The van der Waals surface area contributed by atoms with Gasteiger partial charge >= 0.3 is 6.09 Å². The van der Waals surface area contributed by atoms with E-state index in [0.717, 1.165) is 24.1 Å². The Kier molecular flexibility index (Phi) is 5.85. The normalized spacial score (nSPS) is 11.0. The fraction of sp³-hybridized carbons (Fsp3) is 0.263. The molecule has 0 radical (unpaired) electrons. The molecule has 1 N–H and O–H groups in total. The molecule has 2 heterocycles. The third kappa shape index (κ3) is 5.13. The molecule has 27 heavy (non-hydrogen) atoms. The zero-order valence-corrected chi connectivity index (χ0v) is 15.7. The lowest BCUT2D eigenvalue weighted by atomic mass is 10.1. The maximum atomic E-state index is 13.5. The van der Waals surface area contributed by atoms with Gasteiger partial charge in [-0.15, -0.1) is 11.3 Å². The van der Waals surface area contributed by atoms with Crippen LogP contribution in [0.15, 0.2) is 42.0 Å². The largest absolute Gasteiger partial charge is 0.420 e. The minimum Gasteiger partial charge on any atom is -0.393 e. The number of carbonyl (C=O) groups excluding carboxylic acids is 1. The highest BCUT2D eigenvalue weighted by molar-refractivity contribution is 7.13. The van der Waals surface area contributed by atoms with Gasteiger partial charge in [-0.25, -0.2) is 18.6 Å². The van der Waals surface area contributed by atoms with Crippen LogP contribution in [0.2, 0.25) is 0 Å². The molecule has 0 bridgehead atoms. The second-order valence-electron chi connectivity index (χ2n) is 6.51. The highest BCUT2D eigenvalue weighted by Gasteiger charge is 2.14. The van der Waals surface area contributed by atoms with E-state index in [1.54, 1.807) is 22.2 Å². The van der Waals surface area contributed by atoms with Gasteiger partial charge in [0.15, 0.2) is 16.8 Å². The molecule has 0 fully saturated rings. The van der Waals surface area contributed by atoms with Crippen molar-refractivity contribution in [3.63, 3.8) is 0 Å². The summed E-state index contributed by atoms with van der Waals surface area (Å²) in [4.78, 5) is 16.1. The van der Waals surface area contributed by atoms with E-state index in [1.807, 2.05) is 6.20 Å². The van der Waals surface area contributed by atoms with Crippen molar-refractivity contribution in [1.29, 1.82) is 0 Å². The number of anilines is 1. The average molecular weight is 391 g/mol. The van der Waals surface area contributed by atoms with Crippen molar-refractivity contribution in [2.45, 2.75) is 26.8 Å². The number of aromatic nitrogens is 2. The standard InChI is InChI=1S/C19H19F2N3O2S/c1-12(2)7-14-9-17(26-19(25)23-18-22-5-6-27-18)24(11-14)10-13-3-4-15(20)16(21)8-13/h3-6,8-9,11-12H,7,10H2,1-2H3,(H,22,23,25). The van der Waals surface area contributed by atoms with E-state index in [0.29, 0.717) is 22.5 Å². The molecule has 5 nitrogen and oxygen atoms in total. The summed E-state index contributed by atoms with van der Waals surface area (Å²) in [6, 6.07) is 5.50. The Labute approximate surface area is 159 Å². The molecule has 142 valence electrons. The molecule has 3 rings (SSSR count). The number of halogens is 2. The molecule has 1 aromatic carbocycles. The zero-order valence-electron chi connectivity index (χ0n) is 14.9. The number of hydrogen-bond acceptors (Lipinski definition) is 4. The Morgan fingerprint density at radius 2 is 2.07 bits per heavy atom. The summed E-state index contributed by atoms with van der Waals surface area (Å²) < 4.78 is 33.8. The van der Waals surface area contributed by atoms with E-state index in [2.05, 4.69) is 24.1 Å². The summed E-state index contributed by atoms with van der Waals surface area (Å²) in [5.74, 6) is -1.07. The Balaban J connectivity index is 1.80. The minimum atomic E-state index is -0.911. The van der Waals surface area contributed by atoms with E-state index in [4.69, 9.17) is 4.74 Å². The van der Waals surface area contributed by atoms with Crippen molar-refractivity contribution < 1.29 is 18.3 Å². The van der Waals surface area contributed by atoms with E-state index in [9.17, 15) is 13.6 Å². The molecule has 0 saturated heterocycles. The number of rotatable bonds is 6. The van der Waals surface area contributed by atoms with E-state index in [1.165, 1.54) is 17.4 Å². The summed E-state index contributed by atoms with van der Waals surface area (Å²) in [6.45, 7) is 4.42. The first-order valence-corrected chi connectivity index (χ1v) is 9.30. The molecule has 0 aliphatic carbocycles. The lowest BCUT2D eigenvalue weighted by molar-refractivity contribution is 0.211. The number of carbonyl (C=O) groups is 1. The molecule has 0 saturated carbocycles. The van der Waals surface area contributed by atoms with Gasteiger partial charge in [0.25, 0.3) is 0 Å². The first-order valence-electron chi connectivity index (χ1n) is 8.42. The third-order valence-electron chi connectivity index (χ3n) is 3.73. The number of nitrogens with one attached hydrogen (secondary N) is 1. The van der Waals surface area contributed by atoms with Gasteiger partial charge in [0, 0.05) is 23.8 Å². The second kappa shape index (κ2) is 8.30. The number of hydrogen-bond donors (Lipinski definition) is 1. The Morgan fingerprint density at radius 1 is 1.26 bits per heavy atom. The lowest BCUT2D eigenvalue weighted by Crippen LogP contribution is -2.18. The van der Waals surface area contributed by atoms with Crippen molar-refractivity contribution in [3.8, 4) is 5.88 Å². The lowest BCUT2D eigenvalue weighted by Gasteiger charge is -2.10. The monoisotopic (exact) mass is 391 g/mol. The van der Waals surface area contributed by atoms with Crippen molar-refractivity contribution >= 4 is 22.6 Å². The van der Waals surface area contributed by atoms with Crippen LogP contribution in [0.1, 0.15) is 25.0 Å². The number of thiazole rings is 1. The molecule has 0 atom stereocenters. The molecule has 0 aliphatic heterocycles. The molecule has 8 heteroatoms. The van der Waals surface area contributed by atoms with E-state index >= 15 is 0 Å². The van der Waals surface area contributed by atoms with Crippen molar-refractivity contribution in [1.82, 2.24) is 9.55 Å². The summed E-state index contributed by atoms with van der Waals surface area (Å²) in [5.41, 5.74) is 1.55. The second-order valence-corrected chi connectivity index (χ2v) is 7.41. The number of amides is 1. The summed E-state index contributed by atoms with van der Waals surface area (Å²) in [7, 11) is 0. The predicted molar refractivity (Wildman–Crippen MR) is 100 cm³/mol. The van der Waals surface area contributed by atoms with Crippen LogP contribution in [-0.2, 0) is 13.0 Å². The zero-order chi connectivity index (χ0) is 19.4. The van der Waals surface area contributed by atoms with Crippen LogP contribution in [0.25, 0.3) is 0 Å². The maximum Gasteiger partial charge on any atom is 0.420 e. The van der Waals surface area contributed by atoms with Gasteiger partial charge in [0.1, 0.15) is 0 Å². The van der Waals surface area contributed by atoms with Crippen LogP contribution in [0.3, 0.4) is 0 Å². The smallest absolute Gasteiger partial charge is 0.393 e. The predicted octanol–water partition coefficient (Wildman–Crippen LogP) is 5.08. The quantitative estimate of drug-likeness (QED) is 0.637. The van der Waals surface area contributed by atoms with Gasteiger partial charge in [-0.3, -0.25) is 5.32 Å². The Bertz CT molecular complexity index is 923. The number of ether oxygens (including phenoxy) is 1. The topological polar surface area (TPSA) is 56.1 Å². The summed E-state index contributed by atoms with van der Waals surface area (Å²) >= 11 is 1.28. The molecule has 0 unspecified atom stereocenters. The van der Waals surface area contributed by atoms with Gasteiger partial charge in [-0.2, -0.15) is 0 Å². The van der Waals surface area contributed by atoms with E-state index in [-0.39, 0.29) is 6.54 Å². The highest BCUT2D eigenvalue weighted by Crippen LogP contribution is 2.23. The summed E-state index contributed by atoms with van der Waals surface area (Å²) in [5, 5.41) is 4.72. The molecule has 3 aromatic rings. The van der Waals surface area contributed by atoms with Crippen LogP contribution >= 0.6 is 11.3 Å². The van der Waals surface area contributed by atoms with Crippen LogP contribution < -0.4 is 10.1 Å².